The molecule has 0 unspecified atom stereocenters. The number of hydrogen-bond donors (Lipinski definition) is 2. The molecule has 142 valence electrons. The minimum absolute atomic E-state index is 0. The molecule has 0 radical (unpaired) electrons. The predicted molar refractivity (Wildman–Crippen MR) is 104 cm³/mol. The van der Waals surface area contributed by atoms with Gasteiger partial charge >= 0.3 is 5.69 Å². The molecule has 1 fully saturated rings. The van der Waals surface area contributed by atoms with Crippen LogP contribution in [0.1, 0.15) is 19.3 Å². The van der Waals surface area contributed by atoms with Crippen molar-refractivity contribution >= 4 is 29.2 Å². The Balaban J connectivity index is 0.00000243. The summed E-state index contributed by atoms with van der Waals surface area (Å²) in [6.45, 7) is 2.15. The zero-order valence-corrected chi connectivity index (χ0v) is 15.7. The fraction of sp³-hybridized carbons (Fsp3) is 0.500. The molecule has 7 nitrogen and oxygen atoms in total. The number of hydrogen-bond acceptors (Lipinski definition) is 4. The molecule has 0 atom stereocenters. The number of aromatic amines is 1. The minimum atomic E-state index is -0.541. The first-order valence-corrected chi connectivity index (χ1v) is 8.74. The number of likely N-dealkylation sites (tertiary alicyclic amines) is 1. The number of carbonyl (C=O) groups is 1. The van der Waals surface area contributed by atoms with Crippen LogP contribution < -0.4 is 16.6 Å². The molecule has 0 saturated carbocycles. The number of rotatable bonds is 5. The van der Waals surface area contributed by atoms with E-state index in [9.17, 15) is 14.4 Å². The first-order valence-electron chi connectivity index (χ1n) is 8.74. The van der Waals surface area contributed by atoms with Crippen LogP contribution in [-0.2, 0) is 11.3 Å². The highest BCUT2D eigenvalue weighted by atomic mass is 35.5. The lowest BCUT2D eigenvalue weighted by molar-refractivity contribution is -0.133. The van der Waals surface area contributed by atoms with Crippen molar-refractivity contribution in [3.63, 3.8) is 0 Å². The Hall–Kier alpha value is -2.12. The summed E-state index contributed by atoms with van der Waals surface area (Å²) in [5.74, 6) is 0.457. The molecule has 1 amide bonds. The number of H-pyrrole nitrogens is 1. The van der Waals surface area contributed by atoms with E-state index in [-0.39, 0.29) is 24.9 Å². The molecule has 1 aromatic carbocycles. The smallest absolute Gasteiger partial charge is 0.329 e. The SMILES string of the molecule is CNCCC1CCN(C(=O)Cn2c(=O)[nH]c3ccccc3c2=O)CC1.Cl. The van der Waals surface area contributed by atoms with E-state index < -0.39 is 11.2 Å². The van der Waals surface area contributed by atoms with Gasteiger partial charge in [-0.25, -0.2) is 4.79 Å². The van der Waals surface area contributed by atoms with Gasteiger partial charge < -0.3 is 15.2 Å². The van der Waals surface area contributed by atoms with Crippen molar-refractivity contribution in [2.75, 3.05) is 26.7 Å². The number of para-hydroxylation sites is 1. The van der Waals surface area contributed by atoms with Crippen LogP contribution in [-0.4, -0.2) is 47.0 Å². The average Bonchev–Trinajstić information content (AvgIpc) is 2.63. The van der Waals surface area contributed by atoms with Crippen molar-refractivity contribution in [1.29, 1.82) is 0 Å². The molecule has 1 aliphatic heterocycles. The summed E-state index contributed by atoms with van der Waals surface area (Å²) in [5.41, 5.74) is -0.468. The summed E-state index contributed by atoms with van der Waals surface area (Å²) in [6, 6.07) is 6.83. The van der Waals surface area contributed by atoms with Gasteiger partial charge in [0.15, 0.2) is 0 Å². The molecule has 0 aliphatic carbocycles. The van der Waals surface area contributed by atoms with E-state index in [1.807, 2.05) is 7.05 Å². The lowest BCUT2D eigenvalue weighted by Crippen LogP contribution is -2.45. The second-order valence-electron chi connectivity index (χ2n) is 6.58. The number of piperidine rings is 1. The molecule has 2 N–H and O–H groups in total. The van der Waals surface area contributed by atoms with Gasteiger partial charge in [-0.15, -0.1) is 12.4 Å². The number of benzene rings is 1. The fourth-order valence-corrected chi connectivity index (χ4v) is 3.40. The molecule has 1 aliphatic rings. The predicted octanol–water partition coefficient (Wildman–Crippen LogP) is 0.960. The lowest BCUT2D eigenvalue weighted by atomic mass is 9.93. The third kappa shape index (κ3) is 4.34. The Morgan fingerprint density at radius 3 is 2.62 bits per heavy atom. The summed E-state index contributed by atoms with van der Waals surface area (Å²) in [4.78, 5) is 41.6. The van der Waals surface area contributed by atoms with Gasteiger partial charge in [-0.05, 0) is 50.9 Å². The van der Waals surface area contributed by atoms with E-state index in [0.717, 1.165) is 30.4 Å². The average molecular weight is 381 g/mol. The minimum Gasteiger partial charge on any atom is -0.341 e. The number of halogens is 1. The zero-order chi connectivity index (χ0) is 17.8. The Kier molecular flexibility index (Phi) is 6.99. The van der Waals surface area contributed by atoms with Crippen LogP contribution in [0.15, 0.2) is 33.9 Å². The second-order valence-corrected chi connectivity index (χ2v) is 6.58. The van der Waals surface area contributed by atoms with Crippen LogP contribution in [0.3, 0.4) is 0 Å². The number of carbonyl (C=O) groups excluding carboxylic acids is 1. The summed E-state index contributed by atoms with van der Waals surface area (Å²) >= 11 is 0. The molecular weight excluding hydrogens is 356 g/mol. The van der Waals surface area contributed by atoms with Crippen molar-refractivity contribution in [2.45, 2.75) is 25.8 Å². The van der Waals surface area contributed by atoms with E-state index >= 15 is 0 Å². The molecule has 3 rings (SSSR count). The van der Waals surface area contributed by atoms with Crippen LogP contribution in [0.4, 0.5) is 0 Å². The zero-order valence-electron chi connectivity index (χ0n) is 14.9. The molecule has 2 heterocycles. The number of fused-ring (bicyclic) bond motifs is 1. The van der Waals surface area contributed by atoms with E-state index in [2.05, 4.69) is 10.3 Å². The van der Waals surface area contributed by atoms with Gasteiger partial charge in [0, 0.05) is 13.1 Å². The maximum Gasteiger partial charge on any atom is 0.329 e. The van der Waals surface area contributed by atoms with Crippen LogP contribution in [0.2, 0.25) is 0 Å². The third-order valence-electron chi connectivity index (χ3n) is 4.95. The summed E-state index contributed by atoms with van der Waals surface area (Å²) in [7, 11) is 1.94. The number of amides is 1. The largest absolute Gasteiger partial charge is 0.341 e. The first-order chi connectivity index (χ1) is 12.1. The van der Waals surface area contributed by atoms with Crippen LogP contribution in [0, 0.1) is 5.92 Å². The van der Waals surface area contributed by atoms with Gasteiger partial charge in [0.1, 0.15) is 6.54 Å². The second kappa shape index (κ2) is 9.00. The van der Waals surface area contributed by atoms with Crippen molar-refractivity contribution in [3.05, 3.63) is 45.1 Å². The highest BCUT2D eigenvalue weighted by Gasteiger charge is 2.23. The first kappa shape index (κ1) is 20.2. The molecule has 26 heavy (non-hydrogen) atoms. The number of aromatic nitrogens is 2. The lowest BCUT2D eigenvalue weighted by Gasteiger charge is -2.32. The van der Waals surface area contributed by atoms with Crippen LogP contribution in [0.5, 0.6) is 0 Å². The van der Waals surface area contributed by atoms with Crippen molar-refractivity contribution in [1.82, 2.24) is 19.8 Å². The summed E-state index contributed by atoms with van der Waals surface area (Å²) in [6.07, 6.45) is 3.05. The Labute approximate surface area is 157 Å². The molecule has 8 heteroatoms. The van der Waals surface area contributed by atoms with Gasteiger partial charge in [0.25, 0.3) is 5.56 Å². The molecule has 2 aromatic rings. The maximum atomic E-state index is 12.5. The molecule has 1 saturated heterocycles. The highest BCUT2D eigenvalue weighted by Crippen LogP contribution is 2.20. The topological polar surface area (TPSA) is 87.2 Å². The van der Waals surface area contributed by atoms with Crippen LogP contribution >= 0.6 is 12.4 Å². The summed E-state index contributed by atoms with van der Waals surface area (Å²) in [5, 5.41) is 3.57. The molecule has 0 spiro atoms. The quantitative estimate of drug-likeness (QED) is 0.808. The Morgan fingerprint density at radius 2 is 1.92 bits per heavy atom. The van der Waals surface area contributed by atoms with Gasteiger partial charge in [0.05, 0.1) is 10.9 Å². The van der Waals surface area contributed by atoms with Crippen molar-refractivity contribution in [2.24, 2.45) is 5.92 Å². The number of nitrogens with zero attached hydrogens (tertiary/aromatic N) is 2. The number of nitrogens with one attached hydrogen (secondary N) is 2. The maximum absolute atomic E-state index is 12.5. The monoisotopic (exact) mass is 380 g/mol. The van der Waals surface area contributed by atoms with E-state index in [1.165, 1.54) is 0 Å². The van der Waals surface area contributed by atoms with Gasteiger partial charge in [-0.3, -0.25) is 14.2 Å². The van der Waals surface area contributed by atoms with Crippen molar-refractivity contribution < 1.29 is 4.79 Å². The Bertz CT molecular complexity index is 869. The highest BCUT2D eigenvalue weighted by molar-refractivity contribution is 5.85. The fourth-order valence-electron chi connectivity index (χ4n) is 3.40. The molecule has 0 bridgehead atoms. The normalized spacial score (nSPS) is 15.0. The molecule has 1 aromatic heterocycles. The van der Waals surface area contributed by atoms with E-state index in [1.54, 1.807) is 29.2 Å². The third-order valence-corrected chi connectivity index (χ3v) is 4.95. The van der Waals surface area contributed by atoms with Gasteiger partial charge in [-0.1, -0.05) is 12.1 Å². The van der Waals surface area contributed by atoms with Crippen molar-refractivity contribution in [3.8, 4) is 0 Å². The standard InChI is InChI=1S/C18H24N4O3.ClH/c1-19-9-6-13-7-10-21(11-8-13)16(23)12-22-17(24)14-4-2-3-5-15(14)20-18(22)25;/h2-5,13,19H,6-12H2,1H3,(H,20,25);1H. The van der Waals surface area contributed by atoms with E-state index in [4.69, 9.17) is 0 Å². The van der Waals surface area contributed by atoms with E-state index in [0.29, 0.717) is 29.9 Å². The van der Waals surface area contributed by atoms with Gasteiger partial charge in [0.2, 0.25) is 5.91 Å². The van der Waals surface area contributed by atoms with Crippen LogP contribution in [0.25, 0.3) is 10.9 Å². The van der Waals surface area contributed by atoms with Gasteiger partial charge in [-0.2, -0.15) is 0 Å². The Morgan fingerprint density at radius 1 is 1.23 bits per heavy atom. The summed E-state index contributed by atoms with van der Waals surface area (Å²) < 4.78 is 0.998. The molecular formula is C18H25ClN4O3.